The fraction of sp³-hybridized carbons (Fsp3) is 0.733. The predicted molar refractivity (Wildman–Crippen MR) is 155 cm³/mol. The highest BCUT2D eigenvalue weighted by Gasteiger charge is 2.31. The van der Waals surface area contributed by atoms with Crippen LogP contribution in [-0.2, 0) is 20.7 Å². The average Bonchev–Trinajstić information content (AvgIpc) is 2.88. The highest BCUT2D eigenvalue weighted by atomic mass is 16.5. The van der Waals surface area contributed by atoms with E-state index < -0.39 is 35.9 Å². The lowest BCUT2D eigenvalue weighted by Crippen LogP contribution is -2.47. The highest BCUT2D eigenvalue weighted by Crippen LogP contribution is 2.32. The Bertz CT molecular complexity index is 878. The molecule has 0 saturated heterocycles. The van der Waals surface area contributed by atoms with Gasteiger partial charge in [0.05, 0.1) is 25.7 Å². The van der Waals surface area contributed by atoms with Crippen LogP contribution in [0.5, 0.6) is 11.5 Å². The summed E-state index contributed by atoms with van der Waals surface area (Å²) in [5.74, 6) is 0.321. The highest BCUT2D eigenvalue weighted by molar-refractivity contribution is 5.81. The minimum absolute atomic E-state index is 0.00885. The summed E-state index contributed by atoms with van der Waals surface area (Å²) in [5, 5.41) is 13.9. The van der Waals surface area contributed by atoms with Crippen molar-refractivity contribution >= 4 is 11.8 Å². The fourth-order valence-electron chi connectivity index (χ4n) is 4.57. The van der Waals surface area contributed by atoms with Crippen LogP contribution < -0.4 is 26.3 Å². The van der Waals surface area contributed by atoms with E-state index in [2.05, 4.69) is 19.2 Å². The maximum absolute atomic E-state index is 13.0. The van der Waals surface area contributed by atoms with Crippen LogP contribution in [-0.4, -0.2) is 62.5 Å². The van der Waals surface area contributed by atoms with Crippen molar-refractivity contribution in [2.75, 3.05) is 27.4 Å². The van der Waals surface area contributed by atoms with E-state index in [1.807, 2.05) is 32.0 Å². The maximum Gasteiger partial charge on any atom is 0.223 e. The van der Waals surface area contributed by atoms with Gasteiger partial charge in [-0.05, 0) is 61.6 Å². The zero-order valence-electron chi connectivity index (χ0n) is 25.2. The van der Waals surface area contributed by atoms with Gasteiger partial charge in [0, 0.05) is 38.1 Å². The van der Waals surface area contributed by atoms with Gasteiger partial charge >= 0.3 is 0 Å². The Kier molecular flexibility index (Phi) is 15.4. The normalized spacial score (nSPS) is 16.3. The SMILES string of the molecule is COCCCOc1cc(CC(CC(N)C(O)C[C@H](C(=O)NC(C)C(C)C(N)=O)C(C)C)C(C)C)ccc1OC. The fourth-order valence-corrected chi connectivity index (χ4v) is 4.57. The van der Waals surface area contributed by atoms with Crippen molar-refractivity contribution in [3.05, 3.63) is 23.8 Å². The number of rotatable bonds is 19. The molecule has 224 valence electrons. The molecule has 0 aliphatic carbocycles. The summed E-state index contributed by atoms with van der Waals surface area (Å²) in [7, 11) is 3.29. The van der Waals surface area contributed by atoms with Gasteiger partial charge in [-0.15, -0.1) is 0 Å². The standard InChI is InChI=1S/C30H53N3O6/c1-18(2)23(14-22-10-11-27(38-8)28(15-22)39-13-9-12-37-7)16-25(31)26(34)17-24(19(3)4)30(36)33-21(6)20(5)29(32)35/h10-11,15,18-21,23-26,34H,9,12-14,16-17,31H2,1-8H3,(H2,32,35)(H,33,36)/t20?,21?,23?,24-,25?,26?/m0/s1. The number of hydrogen-bond acceptors (Lipinski definition) is 7. The minimum Gasteiger partial charge on any atom is -0.493 e. The van der Waals surface area contributed by atoms with E-state index in [1.54, 1.807) is 28.1 Å². The molecule has 0 spiro atoms. The summed E-state index contributed by atoms with van der Waals surface area (Å²) >= 11 is 0. The Labute approximate surface area is 235 Å². The van der Waals surface area contributed by atoms with Crippen LogP contribution in [0.4, 0.5) is 0 Å². The first-order chi connectivity index (χ1) is 18.3. The van der Waals surface area contributed by atoms with Gasteiger partial charge in [0.2, 0.25) is 11.8 Å². The molecule has 9 heteroatoms. The van der Waals surface area contributed by atoms with E-state index in [4.69, 9.17) is 25.7 Å². The summed E-state index contributed by atoms with van der Waals surface area (Å²) in [6.07, 6.45) is 1.56. The molecule has 6 atom stereocenters. The molecule has 0 fully saturated rings. The summed E-state index contributed by atoms with van der Waals surface area (Å²) in [4.78, 5) is 24.5. The van der Waals surface area contributed by atoms with Gasteiger partial charge in [-0.1, -0.05) is 40.7 Å². The first-order valence-electron chi connectivity index (χ1n) is 14.1. The molecule has 0 aliphatic heterocycles. The predicted octanol–water partition coefficient (Wildman–Crippen LogP) is 3.29. The Morgan fingerprint density at radius 2 is 1.64 bits per heavy atom. The number of hydrogen-bond donors (Lipinski definition) is 4. The molecule has 0 aromatic heterocycles. The average molecular weight is 552 g/mol. The zero-order valence-corrected chi connectivity index (χ0v) is 25.2. The van der Waals surface area contributed by atoms with Crippen LogP contribution in [0.15, 0.2) is 18.2 Å². The van der Waals surface area contributed by atoms with Gasteiger partial charge in [-0.2, -0.15) is 0 Å². The lowest BCUT2D eigenvalue weighted by Gasteiger charge is -2.31. The molecular weight excluding hydrogens is 498 g/mol. The third kappa shape index (κ3) is 11.7. The third-order valence-electron chi connectivity index (χ3n) is 7.69. The molecule has 0 aliphatic rings. The first-order valence-corrected chi connectivity index (χ1v) is 14.1. The van der Waals surface area contributed by atoms with Gasteiger partial charge in [-0.3, -0.25) is 9.59 Å². The summed E-state index contributed by atoms with van der Waals surface area (Å²) in [6.45, 7) is 12.8. The van der Waals surface area contributed by atoms with Crippen molar-refractivity contribution in [1.29, 1.82) is 0 Å². The monoisotopic (exact) mass is 551 g/mol. The number of nitrogens with one attached hydrogen (secondary N) is 1. The number of nitrogens with two attached hydrogens (primary N) is 2. The number of methoxy groups -OCH3 is 2. The van der Waals surface area contributed by atoms with E-state index >= 15 is 0 Å². The van der Waals surface area contributed by atoms with Crippen LogP contribution in [0, 0.1) is 29.6 Å². The van der Waals surface area contributed by atoms with Crippen molar-refractivity contribution in [3.8, 4) is 11.5 Å². The molecule has 1 aromatic rings. The minimum atomic E-state index is -0.844. The van der Waals surface area contributed by atoms with Gasteiger partial charge in [0.15, 0.2) is 11.5 Å². The van der Waals surface area contributed by atoms with Crippen molar-refractivity contribution in [1.82, 2.24) is 5.32 Å². The van der Waals surface area contributed by atoms with Crippen molar-refractivity contribution in [2.24, 2.45) is 41.1 Å². The topological polar surface area (TPSA) is 146 Å². The molecule has 5 unspecified atom stereocenters. The molecule has 0 radical (unpaired) electrons. The molecule has 0 saturated carbocycles. The van der Waals surface area contributed by atoms with Gasteiger partial charge in [-0.25, -0.2) is 0 Å². The number of ether oxygens (including phenoxy) is 3. The second kappa shape index (κ2) is 17.4. The number of amides is 2. The molecule has 6 N–H and O–H groups in total. The molecule has 1 rings (SSSR count). The number of aliphatic hydroxyl groups excluding tert-OH is 1. The summed E-state index contributed by atoms with van der Waals surface area (Å²) in [6, 6.07) is 5.07. The first kappa shape index (κ1) is 34.7. The zero-order chi connectivity index (χ0) is 29.7. The number of primary amides is 1. The second-order valence-corrected chi connectivity index (χ2v) is 11.4. The number of aliphatic hydroxyl groups is 1. The molecule has 9 nitrogen and oxygen atoms in total. The second-order valence-electron chi connectivity index (χ2n) is 11.4. The smallest absolute Gasteiger partial charge is 0.223 e. The maximum atomic E-state index is 13.0. The Morgan fingerprint density at radius 1 is 0.974 bits per heavy atom. The van der Waals surface area contributed by atoms with Crippen molar-refractivity contribution in [3.63, 3.8) is 0 Å². The molecule has 0 bridgehead atoms. The lowest BCUT2D eigenvalue weighted by atomic mass is 9.80. The number of benzene rings is 1. The van der Waals surface area contributed by atoms with Crippen molar-refractivity contribution < 1.29 is 28.9 Å². The largest absolute Gasteiger partial charge is 0.493 e. The lowest BCUT2D eigenvalue weighted by molar-refractivity contribution is -0.129. The van der Waals surface area contributed by atoms with Crippen LogP contribution >= 0.6 is 0 Å². The van der Waals surface area contributed by atoms with Crippen LogP contribution in [0.2, 0.25) is 0 Å². The number of carbonyl (C=O) groups excluding carboxylic acids is 2. The van der Waals surface area contributed by atoms with E-state index in [-0.39, 0.29) is 24.2 Å². The Balaban J connectivity index is 2.88. The Morgan fingerprint density at radius 3 is 2.18 bits per heavy atom. The molecule has 39 heavy (non-hydrogen) atoms. The van der Waals surface area contributed by atoms with E-state index in [0.29, 0.717) is 37.1 Å². The molecule has 1 aromatic carbocycles. The van der Waals surface area contributed by atoms with E-state index in [1.165, 1.54) is 0 Å². The third-order valence-corrected chi connectivity index (χ3v) is 7.69. The Hall–Kier alpha value is -2.36. The molecule has 0 heterocycles. The van der Waals surface area contributed by atoms with Gasteiger partial charge in [0.25, 0.3) is 0 Å². The molecular formula is C30H53N3O6. The molecule has 2 amide bonds. The quantitative estimate of drug-likeness (QED) is 0.193. The van der Waals surface area contributed by atoms with Crippen LogP contribution in [0.1, 0.15) is 66.4 Å². The van der Waals surface area contributed by atoms with Crippen LogP contribution in [0.3, 0.4) is 0 Å². The van der Waals surface area contributed by atoms with Gasteiger partial charge in [0.1, 0.15) is 0 Å². The number of carbonyl (C=O) groups is 2. The van der Waals surface area contributed by atoms with E-state index in [0.717, 1.165) is 18.4 Å². The van der Waals surface area contributed by atoms with Crippen molar-refractivity contribution in [2.45, 2.75) is 85.4 Å². The summed E-state index contributed by atoms with van der Waals surface area (Å²) in [5.41, 5.74) is 13.0. The van der Waals surface area contributed by atoms with Gasteiger partial charge < -0.3 is 36.1 Å². The van der Waals surface area contributed by atoms with Crippen LogP contribution in [0.25, 0.3) is 0 Å². The summed E-state index contributed by atoms with van der Waals surface area (Å²) < 4.78 is 16.5. The van der Waals surface area contributed by atoms with E-state index in [9.17, 15) is 14.7 Å².